The van der Waals surface area contributed by atoms with E-state index in [0.29, 0.717) is 12.5 Å². The van der Waals surface area contributed by atoms with Gasteiger partial charge in [-0.3, -0.25) is 4.79 Å². The van der Waals surface area contributed by atoms with Crippen molar-refractivity contribution >= 4 is 12.0 Å². The molecule has 0 saturated heterocycles. The van der Waals surface area contributed by atoms with Gasteiger partial charge in [0.15, 0.2) is 0 Å². The van der Waals surface area contributed by atoms with E-state index < -0.39 is 5.97 Å². The van der Waals surface area contributed by atoms with Crippen molar-refractivity contribution in [1.29, 1.82) is 0 Å². The fourth-order valence-corrected chi connectivity index (χ4v) is 2.56. The summed E-state index contributed by atoms with van der Waals surface area (Å²) in [6.45, 7) is 2.37. The Balaban J connectivity index is 1.84. The number of hydrogen-bond donors (Lipinski definition) is 3. The molecule has 1 saturated carbocycles. The minimum atomic E-state index is -0.870. The first-order chi connectivity index (χ1) is 10.1. The standard InChI is InChI=1S/C16H22N2O3/c1-11(12-7-4-8-12)18-16(21)17-10-14-6-3-2-5-13(14)9-15(19)20/h2-3,5-6,11-12H,4,7-10H2,1H3,(H,19,20)(H2,17,18,21). The van der Waals surface area contributed by atoms with Gasteiger partial charge < -0.3 is 15.7 Å². The first-order valence-corrected chi connectivity index (χ1v) is 7.39. The molecule has 5 nitrogen and oxygen atoms in total. The van der Waals surface area contributed by atoms with E-state index in [1.807, 2.05) is 19.1 Å². The summed E-state index contributed by atoms with van der Waals surface area (Å²) >= 11 is 0. The number of aliphatic carboxylic acids is 1. The van der Waals surface area contributed by atoms with E-state index in [1.54, 1.807) is 12.1 Å². The lowest BCUT2D eigenvalue weighted by atomic mass is 9.80. The van der Waals surface area contributed by atoms with Crippen molar-refractivity contribution in [2.45, 2.75) is 45.2 Å². The highest BCUT2D eigenvalue weighted by Crippen LogP contribution is 2.29. The average molecular weight is 290 g/mol. The number of hydrogen-bond acceptors (Lipinski definition) is 2. The lowest BCUT2D eigenvalue weighted by molar-refractivity contribution is -0.136. The van der Waals surface area contributed by atoms with Gasteiger partial charge in [0.05, 0.1) is 6.42 Å². The molecule has 114 valence electrons. The number of carboxylic acid groups (broad SMARTS) is 1. The number of carbonyl (C=O) groups excluding carboxylic acids is 1. The van der Waals surface area contributed by atoms with Crippen molar-refractivity contribution in [3.8, 4) is 0 Å². The summed E-state index contributed by atoms with van der Waals surface area (Å²) in [6.07, 6.45) is 3.59. The molecule has 1 fully saturated rings. The number of carbonyl (C=O) groups is 2. The van der Waals surface area contributed by atoms with Gasteiger partial charge in [-0.25, -0.2) is 4.79 Å². The molecule has 1 unspecified atom stereocenters. The minimum Gasteiger partial charge on any atom is -0.481 e. The van der Waals surface area contributed by atoms with Crippen LogP contribution in [0.1, 0.15) is 37.3 Å². The van der Waals surface area contributed by atoms with Crippen LogP contribution in [0.3, 0.4) is 0 Å². The topological polar surface area (TPSA) is 78.4 Å². The summed E-state index contributed by atoms with van der Waals surface area (Å²) in [6, 6.07) is 7.26. The summed E-state index contributed by atoms with van der Waals surface area (Å²) in [7, 11) is 0. The highest BCUT2D eigenvalue weighted by Gasteiger charge is 2.24. The Hall–Kier alpha value is -2.04. The molecular formula is C16H22N2O3. The van der Waals surface area contributed by atoms with Crippen LogP contribution in [0.15, 0.2) is 24.3 Å². The summed E-state index contributed by atoms with van der Waals surface area (Å²) in [5.74, 6) is -0.277. The highest BCUT2D eigenvalue weighted by atomic mass is 16.4. The molecule has 0 spiro atoms. The van der Waals surface area contributed by atoms with E-state index in [4.69, 9.17) is 5.11 Å². The fraction of sp³-hybridized carbons (Fsp3) is 0.500. The molecular weight excluding hydrogens is 268 g/mol. The van der Waals surface area contributed by atoms with Crippen LogP contribution in [0.5, 0.6) is 0 Å². The molecule has 1 atom stereocenters. The number of nitrogens with one attached hydrogen (secondary N) is 2. The zero-order chi connectivity index (χ0) is 15.2. The Morgan fingerprint density at radius 2 is 1.95 bits per heavy atom. The Morgan fingerprint density at radius 1 is 1.29 bits per heavy atom. The summed E-state index contributed by atoms with van der Waals surface area (Å²) in [5, 5.41) is 14.6. The SMILES string of the molecule is CC(NC(=O)NCc1ccccc1CC(=O)O)C1CCC1. The first-order valence-electron chi connectivity index (χ1n) is 7.39. The highest BCUT2D eigenvalue weighted by molar-refractivity contribution is 5.74. The second-order valence-corrected chi connectivity index (χ2v) is 5.65. The maximum absolute atomic E-state index is 11.9. The van der Waals surface area contributed by atoms with Crippen molar-refractivity contribution in [2.75, 3.05) is 0 Å². The number of amides is 2. The molecule has 1 aromatic carbocycles. The quantitative estimate of drug-likeness (QED) is 0.752. The van der Waals surface area contributed by atoms with E-state index in [-0.39, 0.29) is 18.5 Å². The van der Waals surface area contributed by atoms with Gasteiger partial charge in [0.2, 0.25) is 0 Å². The van der Waals surface area contributed by atoms with Gasteiger partial charge in [-0.1, -0.05) is 30.7 Å². The molecule has 3 N–H and O–H groups in total. The van der Waals surface area contributed by atoms with Gasteiger partial charge in [0.25, 0.3) is 0 Å². The van der Waals surface area contributed by atoms with Crippen LogP contribution in [-0.2, 0) is 17.8 Å². The Morgan fingerprint density at radius 3 is 2.52 bits per heavy atom. The molecule has 1 aliphatic rings. The Labute approximate surface area is 124 Å². The number of urea groups is 1. The van der Waals surface area contributed by atoms with Crippen LogP contribution in [0.25, 0.3) is 0 Å². The van der Waals surface area contributed by atoms with Crippen LogP contribution >= 0.6 is 0 Å². The number of benzene rings is 1. The van der Waals surface area contributed by atoms with Crippen molar-refractivity contribution in [3.63, 3.8) is 0 Å². The van der Waals surface area contributed by atoms with Crippen molar-refractivity contribution in [1.82, 2.24) is 10.6 Å². The maximum Gasteiger partial charge on any atom is 0.315 e. The summed E-state index contributed by atoms with van der Waals surface area (Å²) in [4.78, 5) is 22.7. The van der Waals surface area contributed by atoms with E-state index in [9.17, 15) is 9.59 Å². The largest absolute Gasteiger partial charge is 0.481 e. The normalized spacial score (nSPS) is 15.9. The second-order valence-electron chi connectivity index (χ2n) is 5.65. The van der Waals surface area contributed by atoms with Crippen LogP contribution in [0.4, 0.5) is 4.79 Å². The van der Waals surface area contributed by atoms with Crippen LogP contribution in [0, 0.1) is 5.92 Å². The molecule has 0 bridgehead atoms. The molecule has 1 aliphatic carbocycles. The smallest absolute Gasteiger partial charge is 0.315 e. The minimum absolute atomic E-state index is 0.0298. The predicted molar refractivity (Wildman–Crippen MR) is 80.0 cm³/mol. The molecule has 0 heterocycles. The monoisotopic (exact) mass is 290 g/mol. The van der Waals surface area contributed by atoms with Gasteiger partial charge in [-0.15, -0.1) is 0 Å². The third-order valence-electron chi connectivity index (χ3n) is 4.12. The third kappa shape index (κ3) is 4.48. The maximum atomic E-state index is 11.9. The van der Waals surface area contributed by atoms with E-state index >= 15 is 0 Å². The lowest BCUT2D eigenvalue weighted by Gasteiger charge is -2.31. The van der Waals surface area contributed by atoms with E-state index in [2.05, 4.69) is 10.6 Å². The second kappa shape index (κ2) is 7.11. The summed E-state index contributed by atoms with van der Waals surface area (Å²) in [5.41, 5.74) is 1.57. The molecule has 2 amide bonds. The molecule has 1 aromatic rings. The Bertz CT molecular complexity index is 512. The molecule has 21 heavy (non-hydrogen) atoms. The third-order valence-corrected chi connectivity index (χ3v) is 4.12. The van der Waals surface area contributed by atoms with Gasteiger partial charge in [-0.05, 0) is 36.8 Å². The molecule has 0 aromatic heterocycles. The fourth-order valence-electron chi connectivity index (χ4n) is 2.56. The zero-order valence-corrected chi connectivity index (χ0v) is 12.3. The van der Waals surface area contributed by atoms with E-state index in [0.717, 1.165) is 11.1 Å². The van der Waals surface area contributed by atoms with Crippen LogP contribution in [0.2, 0.25) is 0 Å². The van der Waals surface area contributed by atoms with E-state index in [1.165, 1.54) is 19.3 Å². The first kappa shape index (κ1) is 15.4. The van der Waals surface area contributed by atoms with Gasteiger partial charge >= 0.3 is 12.0 Å². The van der Waals surface area contributed by atoms with Gasteiger partial charge in [0, 0.05) is 12.6 Å². The van der Waals surface area contributed by atoms with Crippen molar-refractivity contribution in [2.24, 2.45) is 5.92 Å². The predicted octanol–water partition coefficient (Wildman–Crippen LogP) is 2.30. The number of rotatable bonds is 6. The number of carboxylic acids is 1. The average Bonchev–Trinajstić information content (AvgIpc) is 2.34. The zero-order valence-electron chi connectivity index (χ0n) is 12.3. The summed E-state index contributed by atoms with van der Waals surface area (Å²) < 4.78 is 0. The molecule has 5 heteroatoms. The molecule has 0 radical (unpaired) electrons. The molecule has 2 rings (SSSR count). The van der Waals surface area contributed by atoms with Crippen molar-refractivity contribution < 1.29 is 14.7 Å². The van der Waals surface area contributed by atoms with Crippen LogP contribution < -0.4 is 10.6 Å². The van der Waals surface area contributed by atoms with Gasteiger partial charge in [0.1, 0.15) is 0 Å². The Kier molecular flexibility index (Phi) is 5.20. The molecule has 0 aliphatic heterocycles. The van der Waals surface area contributed by atoms with Gasteiger partial charge in [-0.2, -0.15) is 0 Å². The van der Waals surface area contributed by atoms with Crippen LogP contribution in [-0.4, -0.2) is 23.1 Å². The lowest BCUT2D eigenvalue weighted by Crippen LogP contribution is -2.45. The van der Waals surface area contributed by atoms with Crippen molar-refractivity contribution in [3.05, 3.63) is 35.4 Å².